The number of hydrogen-bond donors (Lipinski definition) is 3. The molecule has 1 saturated heterocycles. The van der Waals surface area contributed by atoms with E-state index >= 15 is 0 Å². The van der Waals surface area contributed by atoms with Crippen LogP contribution in [0.25, 0.3) is 0 Å². The summed E-state index contributed by atoms with van der Waals surface area (Å²) < 4.78 is 5.93. The van der Waals surface area contributed by atoms with Crippen LogP contribution < -0.4 is 21.5 Å². The first-order valence-electron chi connectivity index (χ1n) is 10.4. The first-order chi connectivity index (χ1) is 14.2. The van der Waals surface area contributed by atoms with E-state index in [1.807, 2.05) is 24.3 Å². The number of rotatable bonds is 10. The maximum atomic E-state index is 6.25. The molecule has 1 aromatic carbocycles. The van der Waals surface area contributed by atoms with Crippen molar-refractivity contribution < 1.29 is 4.74 Å². The second-order valence-electron chi connectivity index (χ2n) is 7.18. The monoisotopic (exact) mass is 524 g/mol. The third-order valence-electron chi connectivity index (χ3n) is 4.99. The molecule has 0 radical (unpaired) electrons. The van der Waals surface area contributed by atoms with Crippen LogP contribution in [0.2, 0.25) is 0 Å². The van der Waals surface area contributed by atoms with Gasteiger partial charge in [-0.1, -0.05) is 43.3 Å². The van der Waals surface area contributed by atoms with Crippen LogP contribution in [0.15, 0.2) is 29.4 Å². The van der Waals surface area contributed by atoms with Crippen molar-refractivity contribution in [2.24, 2.45) is 0 Å². The van der Waals surface area contributed by atoms with Crippen LogP contribution in [-0.2, 0) is 6.42 Å². The molecule has 32 heavy (non-hydrogen) atoms. The van der Waals surface area contributed by atoms with Gasteiger partial charge in [0.05, 0.1) is 6.61 Å². The molecule has 2 aromatic rings. The van der Waals surface area contributed by atoms with E-state index in [0.29, 0.717) is 29.8 Å². The van der Waals surface area contributed by atoms with Crippen LogP contribution in [0.5, 0.6) is 5.75 Å². The summed E-state index contributed by atoms with van der Waals surface area (Å²) in [5.41, 5.74) is 14.3. The van der Waals surface area contributed by atoms with Gasteiger partial charge in [-0.2, -0.15) is 0 Å². The molecule has 5 N–H and O–H groups in total. The highest BCUT2D eigenvalue weighted by Crippen LogP contribution is 2.28. The number of nitrogens with one attached hydrogen (secondary N) is 1. The van der Waals surface area contributed by atoms with Gasteiger partial charge in [-0.05, 0) is 18.1 Å². The second-order valence-corrected chi connectivity index (χ2v) is 8.24. The SMILES string of the molecule is CCCCOc1ccccc1Cc1c(N)nc(SCCN2CCNCC2)nc1N.Cl.Cl.Cl. The normalized spacial score (nSPS) is 13.4. The summed E-state index contributed by atoms with van der Waals surface area (Å²) in [6.45, 7) is 8.15. The number of ether oxygens (including phenoxy) is 1. The molecular formula is C21H35Cl3N6OS. The maximum absolute atomic E-state index is 6.25. The van der Waals surface area contributed by atoms with Crippen molar-refractivity contribution in [1.82, 2.24) is 20.2 Å². The molecule has 2 heterocycles. The Morgan fingerprint density at radius 3 is 2.38 bits per heavy atom. The summed E-state index contributed by atoms with van der Waals surface area (Å²) in [6, 6.07) is 8.00. The van der Waals surface area contributed by atoms with Gasteiger partial charge >= 0.3 is 0 Å². The highest BCUT2D eigenvalue weighted by atomic mass is 35.5. The second kappa shape index (κ2) is 16.5. The molecule has 182 valence electrons. The van der Waals surface area contributed by atoms with E-state index in [1.165, 1.54) is 0 Å². The quantitative estimate of drug-likeness (QED) is 0.245. The zero-order valence-electron chi connectivity index (χ0n) is 18.4. The van der Waals surface area contributed by atoms with Gasteiger partial charge in [0, 0.05) is 50.5 Å². The number of para-hydroxylation sites is 1. The van der Waals surface area contributed by atoms with Crippen LogP contribution in [0.1, 0.15) is 30.9 Å². The summed E-state index contributed by atoms with van der Waals surface area (Å²) in [4.78, 5) is 11.4. The molecule has 1 aliphatic rings. The van der Waals surface area contributed by atoms with Crippen molar-refractivity contribution in [2.45, 2.75) is 31.3 Å². The number of benzene rings is 1. The number of hydrogen-bond acceptors (Lipinski definition) is 8. The van der Waals surface area contributed by atoms with Crippen molar-refractivity contribution >= 4 is 60.6 Å². The zero-order chi connectivity index (χ0) is 20.5. The molecule has 11 heteroatoms. The number of aromatic nitrogens is 2. The minimum Gasteiger partial charge on any atom is -0.493 e. The number of nitrogens with zero attached hydrogens (tertiary/aromatic N) is 3. The molecule has 0 amide bonds. The third-order valence-corrected chi connectivity index (χ3v) is 5.82. The molecule has 0 atom stereocenters. The minimum atomic E-state index is 0. The maximum Gasteiger partial charge on any atom is 0.191 e. The zero-order valence-corrected chi connectivity index (χ0v) is 21.7. The number of unbranched alkanes of at least 4 members (excludes halogenated alkanes) is 1. The first-order valence-corrected chi connectivity index (χ1v) is 11.3. The number of piperazine rings is 1. The summed E-state index contributed by atoms with van der Waals surface area (Å²) in [5.74, 6) is 2.69. The van der Waals surface area contributed by atoms with Crippen molar-refractivity contribution in [3.63, 3.8) is 0 Å². The molecule has 3 rings (SSSR count). The van der Waals surface area contributed by atoms with Crippen LogP contribution in [0.3, 0.4) is 0 Å². The van der Waals surface area contributed by atoms with Crippen LogP contribution in [0.4, 0.5) is 11.6 Å². The van der Waals surface area contributed by atoms with Crippen LogP contribution in [-0.4, -0.2) is 60.0 Å². The Hall–Kier alpha value is -1.16. The molecule has 0 saturated carbocycles. The van der Waals surface area contributed by atoms with Crippen molar-refractivity contribution in [2.75, 3.05) is 56.6 Å². The number of nitrogens with two attached hydrogens (primary N) is 2. The summed E-state index contributed by atoms with van der Waals surface area (Å²) in [5, 5.41) is 4.01. The van der Waals surface area contributed by atoms with Gasteiger partial charge in [0.2, 0.25) is 0 Å². The third kappa shape index (κ3) is 9.37. The molecule has 0 aliphatic carbocycles. The lowest BCUT2D eigenvalue weighted by Crippen LogP contribution is -2.44. The van der Waals surface area contributed by atoms with E-state index in [-0.39, 0.29) is 37.2 Å². The molecule has 0 spiro atoms. The molecule has 1 aromatic heterocycles. The Balaban J connectivity index is 0.00000320. The summed E-state index contributed by atoms with van der Waals surface area (Å²) in [6.07, 6.45) is 2.69. The first kappa shape index (κ1) is 30.8. The Labute approximate surface area is 214 Å². The van der Waals surface area contributed by atoms with Gasteiger partial charge in [-0.25, -0.2) is 9.97 Å². The van der Waals surface area contributed by atoms with E-state index in [2.05, 4.69) is 27.1 Å². The molecule has 0 bridgehead atoms. The van der Waals surface area contributed by atoms with E-state index in [4.69, 9.17) is 16.2 Å². The summed E-state index contributed by atoms with van der Waals surface area (Å²) in [7, 11) is 0. The van der Waals surface area contributed by atoms with Crippen molar-refractivity contribution in [1.29, 1.82) is 0 Å². The number of halogens is 3. The minimum absolute atomic E-state index is 0. The lowest BCUT2D eigenvalue weighted by molar-refractivity contribution is 0.255. The average molecular weight is 526 g/mol. The van der Waals surface area contributed by atoms with Gasteiger partial charge in [0.25, 0.3) is 0 Å². The van der Waals surface area contributed by atoms with Gasteiger partial charge < -0.3 is 21.5 Å². The largest absolute Gasteiger partial charge is 0.493 e. The van der Waals surface area contributed by atoms with E-state index in [0.717, 1.165) is 68.2 Å². The van der Waals surface area contributed by atoms with Gasteiger partial charge in [-0.15, -0.1) is 37.2 Å². The fraction of sp³-hybridized carbons (Fsp3) is 0.524. The Morgan fingerprint density at radius 1 is 1.06 bits per heavy atom. The Morgan fingerprint density at radius 2 is 1.72 bits per heavy atom. The molecular weight excluding hydrogens is 491 g/mol. The molecule has 1 aliphatic heterocycles. The van der Waals surface area contributed by atoms with Crippen LogP contribution >= 0.6 is 49.0 Å². The Bertz CT molecular complexity index is 773. The number of nitrogen functional groups attached to an aromatic ring is 2. The summed E-state index contributed by atoms with van der Waals surface area (Å²) >= 11 is 1.61. The van der Waals surface area contributed by atoms with Gasteiger partial charge in [0.1, 0.15) is 17.4 Å². The van der Waals surface area contributed by atoms with E-state index < -0.39 is 0 Å². The average Bonchev–Trinajstić information content (AvgIpc) is 2.73. The fourth-order valence-corrected chi connectivity index (χ4v) is 4.11. The van der Waals surface area contributed by atoms with E-state index in [9.17, 15) is 0 Å². The van der Waals surface area contributed by atoms with Crippen molar-refractivity contribution in [3.8, 4) is 5.75 Å². The molecule has 7 nitrogen and oxygen atoms in total. The molecule has 1 fully saturated rings. The van der Waals surface area contributed by atoms with Gasteiger partial charge in [0.15, 0.2) is 5.16 Å². The molecule has 0 unspecified atom stereocenters. The Kier molecular flexibility index (Phi) is 15.9. The highest BCUT2D eigenvalue weighted by molar-refractivity contribution is 7.99. The fourth-order valence-electron chi connectivity index (χ4n) is 3.25. The van der Waals surface area contributed by atoms with Gasteiger partial charge in [-0.3, -0.25) is 4.90 Å². The van der Waals surface area contributed by atoms with E-state index in [1.54, 1.807) is 11.8 Å². The number of thioether (sulfide) groups is 1. The number of anilines is 2. The lowest BCUT2D eigenvalue weighted by Gasteiger charge is -2.26. The van der Waals surface area contributed by atoms with Crippen molar-refractivity contribution in [3.05, 3.63) is 35.4 Å². The standard InChI is InChI=1S/C21H32N6OS.3ClH/c1-2-3-13-28-18-7-5-4-6-16(18)15-17-19(22)25-21(26-20(17)23)29-14-12-27-10-8-24-9-11-27;;;/h4-7,24H,2-3,8-15H2,1H3,(H4,22,23,25,26);3*1H. The lowest BCUT2D eigenvalue weighted by atomic mass is 10.0. The predicted octanol–water partition coefficient (Wildman–Crippen LogP) is 3.67. The predicted molar refractivity (Wildman–Crippen MR) is 142 cm³/mol. The smallest absolute Gasteiger partial charge is 0.191 e. The van der Waals surface area contributed by atoms with Crippen LogP contribution in [0, 0.1) is 0 Å². The highest BCUT2D eigenvalue weighted by Gasteiger charge is 2.15. The topological polar surface area (TPSA) is 102 Å².